The molecule has 0 unspecified atom stereocenters. The van der Waals surface area contributed by atoms with Crippen LogP contribution in [0.5, 0.6) is 17.2 Å². The molecule has 4 rings (SSSR count). The highest BCUT2D eigenvalue weighted by Gasteiger charge is 2.33. The highest BCUT2D eigenvalue weighted by Crippen LogP contribution is 2.41. The molecule has 0 spiro atoms. The van der Waals surface area contributed by atoms with Crippen molar-refractivity contribution in [3.8, 4) is 17.2 Å². The van der Waals surface area contributed by atoms with Gasteiger partial charge in [0.2, 0.25) is 5.75 Å². The van der Waals surface area contributed by atoms with E-state index in [1.807, 2.05) is 17.9 Å². The monoisotopic (exact) mass is 344 g/mol. The fourth-order valence-electron chi connectivity index (χ4n) is 3.42. The summed E-state index contributed by atoms with van der Waals surface area (Å²) in [5.41, 5.74) is 1.32. The predicted molar refractivity (Wildman–Crippen MR) is 88.2 cm³/mol. The van der Waals surface area contributed by atoms with Crippen LogP contribution in [-0.2, 0) is 0 Å². The van der Waals surface area contributed by atoms with Crippen LogP contribution in [0, 0.1) is 6.92 Å². The van der Waals surface area contributed by atoms with Gasteiger partial charge in [-0.2, -0.15) is 0 Å². The van der Waals surface area contributed by atoms with E-state index in [9.17, 15) is 4.79 Å². The zero-order valence-electron chi connectivity index (χ0n) is 14.3. The number of benzene rings is 1. The lowest BCUT2D eigenvalue weighted by atomic mass is 10.1. The summed E-state index contributed by atoms with van der Waals surface area (Å²) in [7, 11) is 1.55. The Morgan fingerprint density at radius 3 is 2.88 bits per heavy atom. The summed E-state index contributed by atoms with van der Waals surface area (Å²) < 4.78 is 21.8. The van der Waals surface area contributed by atoms with Crippen LogP contribution in [0.2, 0.25) is 0 Å². The summed E-state index contributed by atoms with van der Waals surface area (Å²) in [5, 5.41) is 4.09. The van der Waals surface area contributed by atoms with Gasteiger partial charge < -0.3 is 23.6 Å². The number of ether oxygens (including phenoxy) is 3. The van der Waals surface area contributed by atoms with Gasteiger partial charge in [0.05, 0.1) is 13.2 Å². The van der Waals surface area contributed by atoms with Gasteiger partial charge in [0.15, 0.2) is 11.5 Å². The number of amides is 1. The number of nitrogens with zero attached hydrogens (tertiary/aromatic N) is 2. The number of carbonyl (C=O) groups is 1. The van der Waals surface area contributed by atoms with E-state index in [1.54, 1.807) is 19.2 Å². The van der Waals surface area contributed by atoms with Gasteiger partial charge in [0.25, 0.3) is 5.91 Å². The Labute approximate surface area is 145 Å². The topological polar surface area (TPSA) is 74.0 Å². The maximum absolute atomic E-state index is 13.1. The van der Waals surface area contributed by atoms with Crippen molar-refractivity contribution < 1.29 is 23.5 Å². The number of aryl methyl sites for hydroxylation is 1. The molecule has 1 atom stereocenters. The third-order valence-corrected chi connectivity index (χ3v) is 4.58. The van der Waals surface area contributed by atoms with Crippen molar-refractivity contribution in [3.05, 3.63) is 35.2 Å². The summed E-state index contributed by atoms with van der Waals surface area (Å²) in [5.74, 6) is 2.28. The molecule has 0 aliphatic carbocycles. The van der Waals surface area contributed by atoms with Gasteiger partial charge in [0.1, 0.15) is 24.7 Å². The second kappa shape index (κ2) is 6.31. The lowest BCUT2D eigenvalue weighted by molar-refractivity contribution is 0.0729. The number of hydrogen-bond acceptors (Lipinski definition) is 6. The van der Waals surface area contributed by atoms with E-state index in [1.165, 1.54) is 0 Å². The number of likely N-dealkylation sites (tertiary alicyclic amines) is 1. The van der Waals surface area contributed by atoms with Crippen LogP contribution in [0.1, 0.15) is 40.7 Å². The minimum atomic E-state index is -0.0709. The van der Waals surface area contributed by atoms with Crippen LogP contribution in [-0.4, -0.2) is 42.8 Å². The van der Waals surface area contributed by atoms with Gasteiger partial charge in [-0.1, -0.05) is 5.16 Å². The first-order chi connectivity index (χ1) is 12.2. The average Bonchev–Trinajstić information content (AvgIpc) is 3.28. The van der Waals surface area contributed by atoms with Gasteiger partial charge in [-0.3, -0.25) is 4.79 Å². The standard InChI is InChI=1S/C18H20N2O5/c1-11-8-13(19-25-11)14-4-3-5-20(14)18(21)12-9-15(22-2)17-16(10-12)23-6-7-24-17/h8-10,14H,3-7H2,1-2H3/t14-/m1/s1. The largest absolute Gasteiger partial charge is 0.493 e. The van der Waals surface area contributed by atoms with Crippen LogP contribution >= 0.6 is 0 Å². The molecule has 0 bridgehead atoms. The maximum Gasteiger partial charge on any atom is 0.254 e. The third kappa shape index (κ3) is 2.79. The van der Waals surface area contributed by atoms with Crippen LogP contribution in [0.15, 0.2) is 22.7 Å². The number of fused-ring (bicyclic) bond motifs is 1. The van der Waals surface area contributed by atoms with Crippen LogP contribution < -0.4 is 14.2 Å². The van der Waals surface area contributed by atoms with E-state index in [2.05, 4.69) is 5.16 Å². The van der Waals surface area contributed by atoms with Crippen molar-refractivity contribution in [2.45, 2.75) is 25.8 Å². The first kappa shape index (κ1) is 15.8. The number of methoxy groups -OCH3 is 1. The zero-order chi connectivity index (χ0) is 17.4. The Kier molecular flexibility index (Phi) is 3.99. The van der Waals surface area contributed by atoms with E-state index in [-0.39, 0.29) is 11.9 Å². The second-order valence-electron chi connectivity index (χ2n) is 6.22. The average molecular weight is 344 g/mol. The smallest absolute Gasteiger partial charge is 0.254 e. The fraction of sp³-hybridized carbons (Fsp3) is 0.444. The van der Waals surface area contributed by atoms with Crippen molar-refractivity contribution in [1.82, 2.24) is 10.1 Å². The van der Waals surface area contributed by atoms with Gasteiger partial charge in [0, 0.05) is 18.2 Å². The summed E-state index contributed by atoms with van der Waals surface area (Å²) >= 11 is 0. The molecule has 2 aromatic rings. The fourth-order valence-corrected chi connectivity index (χ4v) is 3.42. The van der Waals surface area contributed by atoms with Crippen LogP contribution in [0.3, 0.4) is 0 Å². The van der Waals surface area contributed by atoms with Crippen molar-refractivity contribution in [3.63, 3.8) is 0 Å². The Morgan fingerprint density at radius 1 is 1.28 bits per heavy atom. The molecule has 7 heteroatoms. The Bertz CT molecular complexity index is 784. The molecular weight excluding hydrogens is 324 g/mol. The molecule has 1 saturated heterocycles. The molecule has 1 amide bonds. The van der Waals surface area contributed by atoms with E-state index < -0.39 is 0 Å². The minimum absolute atomic E-state index is 0.0656. The molecule has 1 fully saturated rings. The Balaban J connectivity index is 1.66. The highest BCUT2D eigenvalue weighted by molar-refractivity contribution is 5.96. The molecular formula is C18H20N2O5. The van der Waals surface area contributed by atoms with Crippen molar-refractivity contribution in [2.24, 2.45) is 0 Å². The number of aromatic nitrogens is 1. The van der Waals surface area contributed by atoms with Gasteiger partial charge in [-0.15, -0.1) is 0 Å². The Morgan fingerprint density at radius 2 is 2.12 bits per heavy atom. The lowest BCUT2D eigenvalue weighted by Crippen LogP contribution is -2.31. The van der Waals surface area contributed by atoms with E-state index in [4.69, 9.17) is 18.7 Å². The Hall–Kier alpha value is -2.70. The molecule has 1 aromatic heterocycles. The maximum atomic E-state index is 13.1. The SMILES string of the molecule is COc1cc(C(=O)N2CCC[C@@H]2c2cc(C)on2)cc2c1OCCO2. The summed E-state index contributed by atoms with van der Waals surface area (Å²) in [6, 6.07) is 5.26. The van der Waals surface area contributed by atoms with Crippen molar-refractivity contribution in [2.75, 3.05) is 26.9 Å². The number of hydrogen-bond donors (Lipinski definition) is 0. The van der Waals surface area contributed by atoms with E-state index in [0.717, 1.165) is 24.3 Å². The molecule has 2 aliphatic rings. The molecule has 0 radical (unpaired) electrons. The highest BCUT2D eigenvalue weighted by atomic mass is 16.6. The zero-order valence-corrected chi connectivity index (χ0v) is 14.3. The molecule has 0 N–H and O–H groups in total. The number of rotatable bonds is 3. The normalized spacial score (nSPS) is 19.1. The quantitative estimate of drug-likeness (QED) is 0.852. The second-order valence-corrected chi connectivity index (χ2v) is 6.22. The van der Waals surface area contributed by atoms with Gasteiger partial charge in [-0.25, -0.2) is 0 Å². The number of carbonyl (C=O) groups excluding carboxylic acids is 1. The van der Waals surface area contributed by atoms with Gasteiger partial charge in [-0.05, 0) is 31.9 Å². The summed E-state index contributed by atoms with van der Waals surface area (Å²) in [6.45, 7) is 3.46. The summed E-state index contributed by atoms with van der Waals surface area (Å²) in [6.07, 6.45) is 1.81. The first-order valence-electron chi connectivity index (χ1n) is 8.39. The molecule has 25 heavy (non-hydrogen) atoms. The molecule has 1 aromatic carbocycles. The molecule has 132 valence electrons. The third-order valence-electron chi connectivity index (χ3n) is 4.58. The van der Waals surface area contributed by atoms with E-state index >= 15 is 0 Å². The van der Waals surface area contributed by atoms with Crippen LogP contribution in [0.4, 0.5) is 0 Å². The van der Waals surface area contributed by atoms with Gasteiger partial charge >= 0.3 is 0 Å². The summed E-state index contributed by atoms with van der Waals surface area (Å²) in [4.78, 5) is 14.9. The molecule has 7 nitrogen and oxygen atoms in total. The predicted octanol–water partition coefficient (Wildman–Crippen LogP) is 2.74. The van der Waals surface area contributed by atoms with Crippen molar-refractivity contribution >= 4 is 5.91 Å². The van der Waals surface area contributed by atoms with Crippen LogP contribution in [0.25, 0.3) is 0 Å². The molecule has 0 saturated carbocycles. The van der Waals surface area contributed by atoms with Crippen molar-refractivity contribution in [1.29, 1.82) is 0 Å². The molecule has 2 aliphatic heterocycles. The molecule has 3 heterocycles. The van der Waals surface area contributed by atoms with E-state index in [0.29, 0.717) is 42.6 Å². The first-order valence-corrected chi connectivity index (χ1v) is 8.39. The lowest BCUT2D eigenvalue weighted by Gasteiger charge is -2.25. The minimum Gasteiger partial charge on any atom is -0.493 e.